The summed E-state index contributed by atoms with van der Waals surface area (Å²) >= 11 is 0. The summed E-state index contributed by atoms with van der Waals surface area (Å²) in [5, 5.41) is 9.38. The Morgan fingerprint density at radius 1 is 1.53 bits per heavy atom. The third kappa shape index (κ3) is 1.74. The smallest absolute Gasteiger partial charge is 0.337 e. The van der Waals surface area contributed by atoms with Crippen molar-refractivity contribution in [2.45, 2.75) is 39.7 Å². The van der Waals surface area contributed by atoms with Gasteiger partial charge >= 0.3 is 5.97 Å². The van der Waals surface area contributed by atoms with Gasteiger partial charge in [0.25, 0.3) is 0 Å². The second-order valence-corrected chi connectivity index (χ2v) is 5.94. The molecule has 2 aromatic rings. The molecule has 1 heterocycles. The zero-order valence-corrected chi connectivity index (χ0v) is 11.5. The SMILES string of the molecule is CCc1nc2cccc(C(=O)O)c2n1C1CC1(C)C. The van der Waals surface area contributed by atoms with Gasteiger partial charge in [0.2, 0.25) is 0 Å². The number of carboxylic acids is 1. The van der Waals surface area contributed by atoms with Gasteiger partial charge in [0.15, 0.2) is 0 Å². The monoisotopic (exact) mass is 258 g/mol. The molecule has 0 spiro atoms. The van der Waals surface area contributed by atoms with Crippen LogP contribution in [0.3, 0.4) is 0 Å². The van der Waals surface area contributed by atoms with E-state index in [0.29, 0.717) is 11.6 Å². The molecule has 0 amide bonds. The Balaban J connectivity index is 2.31. The van der Waals surface area contributed by atoms with Crippen LogP contribution in [0.25, 0.3) is 11.0 Å². The third-order valence-corrected chi connectivity index (χ3v) is 4.10. The molecule has 1 unspecified atom stereocenters. The molecule has 4 nitrogen and oxygen atoms in total. The zero-order valence-electron chi connectivity index (χ0n) is 11.5. The number of aromatic nitrogens is 2. The fourth-order valence-electron chi connectivity index (χ4n) is 2.83. The minimum absolute atomic E-state index is 0.239. The average Bonchev–Trinajstić information content (AvgIpc) is 2.84. The van der Waals surface area contributed by atoms with Crippen molar-refractivity contribution in [3.63, 3.8) is 0 Å². The summed E-state index contributed by atoms with van der Waals surface area (Å²) < 4.78 is 2.15. The maximum Gasteiger partial charge on any atom is 0.337 e. The van der Waals surface area contributed by atoms with Gasteiger partial charge in [0.1, 0.15) is 5.82 Å². The molecule has 100 valence electrons. The lowest BCUT2D eigenvalue weighted by molar-refractivity contribution is 0.0698. The summed E-state index contributed by atoms with van der Waals surface area (Å²) in [7, 11) is 0. The summed E-state index contributed by atoms with van der Waals surface area (Å²) in [4.78, 5) is 16.0. The van der Waals surface area contributed by atoms with Gasteiger partial charge in [-0.1, -0.05) is 26.8 Å². The van der Waals surface area contributed by atoms with Crippen LogP contribution < -0.4 is 0 Å². The molecule has 1 saturated carbocycles. The molecular weight excluding hydrogens is 240 g/mol. The fraction of sp³-hybridized carbons (Fsp3) is 0.467. The Bertz CT molecular complexity index is 670. The van der Waals surface area contributed by atoms with Crippen molar-refractivity contribution in [2.75, 3.05) is 0 Å². The van der Waals surface area contributed by atoms with Crippen LogP contribution >= 0.6 is 0 Å². The van der Waals surface area contributed by atoms with Gasteiger partial charge in [-0.3, -0.25) is 0 Å². The van der Waals surface area contributed by atoms with Crippen molar-refractivity contribution >= 4 is 17.0 Å². The van der Waals surface area contributed by atoms with Crippen LogP contribution in [0.15, 0.2) is 18.2 Å². The Kier molecular flexibility index (Phi) is 2.46. The van der Waals surface area contributed by atoms with E-state index in [1.54, 1.807) is 12.1 Å². The van der Waals surface area contributed by atoms with Crippen molar-refractivity contribution in [2.24, 2.45) is 5.41 Å². The van der Waals surface area contributed by atoms with Crippen LogP contribution in [-0.4, -0.2) is 20.6 Å². The first-order valence-corrected chi connectivity index (χ1v) is 6.69. The van der Waals surface area contributed by atoms with Gasteiger partial charge in [-0.2, -0.15) is 0 Å². The summed E-state index contributed by atoms with van der Waals surface area (Å²) in [6, 6.07) is 5.69. The highest BCUT2D eigenvalue weighted by atomic mass is 16.4. The van der Waals surface area contributed by atoms with Crippen molar-refractivity contribution < 1.29 is 9.90 Å². The van der Waals surface area contributed by atoms with E-state index in [-0.39, 0.29) is 5.41 Å². The summed E-state index contributed by atoms with van der Waals surface area (Å²) in [5.74, 6) is 0.104. The normalized spacial score (nSPS) is 20.7. The molecule has 0 saturated heterocycles. The number of benzene rings is 1. The molecule has 19 heavy (non-hydrogen) atoms. The number of fused-ring (bicyclic) bond motifs is 1. The van der Waals surface area contributed by atoms with Gasteiger partial charge in [0, 0.05) is 12.5 Å². The predicted octanol–water partition coefficient (Wildman–Crippen LogP) is 3.27. The number of rotatable bonds is 3. The standard InChI is InChI=1S/C15H18N2O2/c1-4-12-16-10-7-5-6-9(14(18)19)13(10)17(12)11-8-15(11,2)3/h5-7,11H,4,8H2,1-3H3,(H,18,19). The summed E-state index contributed by atoms with van der Waals surface area (Å²) in [6.07, 6.45) is 1.90. The number of aromatic carboxylic acids is 1. The Labute approximate surface area is 112 Å². The van der Waals surface area contributed by atoms with E-state index in [4.69, 9.17) is 0 Å². The molecule has 0 aliphatic heterocycles. The van der Waals surface area contributed by atoms with Gasteiger partial charge in [-0.05, 0) is 24.0 Å². The minimum Gasteiger partial charge on any atom is -0.478 e. The van der Waals surface area contributed by atoms with Crippen molar-refractivity contribution in [3.05, 3.63) is 29.6 Å². The Morgan fingerprint density at radius 2 is 2.21 bits per heavy atom. The van der Waals surface area contributed by atoms with E-state index in [1.807, 2.05) is 6.07 Å². The first-order chi connectivity index (χ1) is 8.95. The lowest BCUT2D eigenvalue weighted by atomic mass is 10.1. The molecule has 1 atom stereocenters. The van der Waals surface area contributed by atoms with E-state index in [9.17, 15) is 9.90 Å². The second-order valence-electron chi connectivity index (χ2n) is 5.94. The van der Waals surface area contributed by atoms with E-state index in [2.05, 4.69) is 30.3 Å². The van der Waals surface area contributed by atoms with E-state index >= 15 is 0 Å². The molecule has 3 rings (SSSR count). The van der Waals surface area contributed by atoms with Crippen LogP contribution in [-0.2, 0) is 6.42 Å². The van der Waals surface area contributed by atoms with Gasteiger partial charge in [-0.15, -0.1) is 0 Å². The highest BCUT2D eigenvalue weighted by Gasteiger charge is 2.48. The zero-order chi connectivity index (χ0) is 13.8. The molecule has 1 fully saturated rings. The molecule has 0 bridgehead atoms. The molecule has 1 N–H and O–H groups in total. The average molecular weight is 258 g/mol. The first kappa shape index (κ1) is 12.2. The highest BCUT2D eigenvalue weighted by molar-refractivity contribution is 6.01. The highest BCUT2D eigenvalue weighted by Crippen LogP contribution is 2.56. The van der Waals surface area contributed by atoms with Gasteiger partial charge < -0.3 is 9.67 Å². The molecular formula is C15H18N2O2. The Hall–Kier alpha value is -1.84. The topological polar surface area (TPSA) is 55.1 Å². The largest absolute Gasteiger partial charge is 0.478 e. The fourth-order valence-corrected chi connectivity index (χ4v) is 2.83. The van der Waals surface area contributed by atoms with Crippen molar-refractivity contribution in [1.82, 2.24) is 9.55 Å². The number of aryl methyl sites for hydroxylation is 1. The molecule has 1 aromatic carbocycles. The lowest BCUT2D eigenvalue weighted by Crippen LogP contribution is -2.08. The Morgan fingerprint density at radius 3 is 2.74 bits per heavy atom. The summed E-state index contributed by atoms with van der Waals surface area (Å²) in [5.41, 5.74) is 2.16. The molecule has 1 aliphatic carbocycles. The number of para-hydroxylation sites is 1. The molecule has 0 radical (unpaired) electrons. The maximum atomic E-state index is 11.4. The minimum atomic E-state index is -0.882. The number of carbonyl (C=O) groups is 1. The lowest BCUT2D eigenvalue weighted by Gasteiger charge is -2.11. The van der Waals surface area contributed by atoms with Gasteiger partial charge in [0.05, 0.1) is 16.6 Å². The first-order valence-electron chi connectivity index (χ1n) is 6.69. The number of carboxylic acid groups (broad SMARTS) is 1. The van der Waals surface area contributed by atoms with Crippen LogP contribution in [0.4, 0.5) is 0 Å². The van der Waals surface area contributed by atoms with Gasteiger partial charge in [-0.25, -0.2) is 9.78 Å². The number of hydrogen-bond donors (Lipinski definition) is 1. The maximum absolute atomic E-state index is 11.4. The van der Waals surface area contributed by atoms with Crippen LogP contribution in [0, 0.1) is 5.41 Å². The third-order valence-electron chi connectivity index (χ3n) is 4.10. The number of nitrogens with zero attached hydrogens (tertiary/aromatic N) is 2. The number of hydrogen-bond acceptors (Lipinski definition) is 2. The van der Waals surface area contributed by atoms with E-state index in [0.717, 1.165) is 29.7 Å². The predicted molar refractivity (Wildman–Crippen MR) is 73.5 cm³/mol. The van der Waals surface area contributed by atoms with Crippen LogP contribution in [0.5, 0.6) is 0 Å². The number of imidazole rings is 1. The van der Waals surface area contributed by atoms with E-state index in [1.165, 1.54) is 0 Å². The molecule has 4 heteroatoms. The molecule has 1 aromatic heterocycles. The summed E-state index contributed by atoms with van der Waals surface area (Å²) in [6.45, 7) is 6.49. The molecule has 1 aliphatic rings. The van der Waals surface area contributed by atoms with Crippen molar-refractivity contribution in [3.8, 4) is 0 Å². The quantitative estimate of drug-likeness (QED) is 0.919. The van der Waals surface area contributed by atoms with Crippen molar-refractivity contribution in [1.29, 1.82) is 0 Å². The van der Waals surface area contributed by atoms with Crippen LogP contribution in [0.1, 0.15) is 49.4 Å². The second kappa shape index (κ2) is 3.83. The van der Waals surface area contributed by atoms with Crippen LogP contribution in [0.2, 0.25) is 0 Å². The van der Waals surface area contributed by atoms with E-state index < -0.39 is 5.97 Å².